The zero-order valence-electron chi connectivity index (χ0n) is 8.06. The molecule has 92 valence electrons. The third-order valence-electron chi connectivity index (χ3n) is 1.29. The number of nitrogens with zero attached hydrogens (tertiary/aromatic N) is 1. The van der Waals surface area contributed by atoms with E-state index >= 15 is 0 Å². The summed E-state index contributed by atoms with van der Waals surface area (Å²) in [6.07, 6.45) is 1.46. The van der Waals surface area contributed by atoms with Crippen LogP contribution >= 0.6 is 0 Å². The van der Waals surface area contributed by atoms with Crippen molar-refractivity contribution in [3.63, 3.8) is 0 Å². The van der Waals surface area contributed by atoms with Crippen LogP contribution in [-0.2, 0) is 0 Å². The van der Waals surface area contributed by atoms with Crippen molar-refractivity contribution in [3.05, 3.63) is 12.7 Å². The van der Waals surface area contributed by atoms with Crippen LogP contribution in [0.4, 0.5) is 0 Å². The Morgan fingerprint density at radius 3 is 1.47 bits per heavy atom. The second kappa shape index (κ2) is 8.91. The Bertz CT molecular complexity index is 152. The molecule has 0 saturated heterocycles. The van der Waals surface area contributed by atoms with E-state index in [-0.39, 0.29) is 26.1 Å². The molecule has 0 aromatic rings. The van der Waals surface area contributed by atoms with Gasteiger partial charge >= 0.3 is 9.05 Å². The topological polar surface area (TPSA) is 145 Å². The van der Waals surface area contributed by atoms with Gasteiger partial charge in [-0.05, 0) is 0 Å². The van der Waals surface area contributed by atoms with Gasteiger partial charge in [0.2, 0.25) is 0 Å². The van der Waals surface area contributed by atoms with E-state index in [1.807, 2.05) is 0 Å². The summed E-state index contributed by atoms with van der Waals surface area (Å²) in [5.74, 6) is 0. The number of hydrogen-bond acceptors (Lipinski definition) is 8. The largest absolute Gasteiger partial charge is 0.668 e. The van der Waals surface area contributed by atoms with E-state index < -0.39 is 9.05 Å². The van der Waals surface area contributed by atoms with Crippen LogP contribution in [0.2, 0.25) is 0 Å². The van der Waals surface area contributed by atoms with Crippen LogP contribution in [0.25, 0.3) is 0 Å². The van der Waals surface area contributed by atoms with Gasteiger partial charge in [0.1, 0.15) is 0 Å². The van der Waals surface area contributed by atoms with Crippen molar-refractivity contribution < 1.29 is 34.5 Å². The van der Waals surface area contributed by atoms with E-state index in [9.17, 15) is 0 Å². The summed E-state index contributed by atoms with van der Waals surface area (Å²) in [6.45, 7) is 2.71. The Hall–Kier alpha value is -0.363. The Morgan fingerprint density at radius 1 is 1.07 bits per heavy atom. The van der Waals surface area contributed by atoms with Gasteiger partial charge in [0.25, 0.3) is 0 Å². The highest BCUT2D eigenvalue weighted by molar-refractivity contribution is 6.46. The van der Waals surface area contributed by atoms with E-state index in [0.717, 1.165) is 0 Å². The fraction of sp³-hybridized carbons (Fsp3) is 0.667. The average Bonchev–Trinajstić information content (AvgIpc) is 2.11. The highest BCUT2D eigenvalue weighted by atomic mass is 28.4. The predicted molar refractivity (Wildman–Crippen MR) is 51.7 cm³/mol. The lowest BCUT2D eigenvalue weighted by Gasteiger charge is -2.22. The highest BCUT2D eigenvalue weighted by Gasteiger charge is 2.22. The quantitative estimate of drug-likeness (QED) is 0.147. The second-order valence-corrected chi connectivity index (χ2v) is 3.66. The van der Waals surface area contributed by atoms with Gasteiger partial charge in [-0.2, -0.15) is 0 Å². The molecule has 0 spiro atoms. The maximum absolute atomic E-state index is 8.62. The minimum atomic E-state index is -4.61. The third-order valence-corrected chi connectivity index (χ3v) is 1.29. The number of hydrogen-bond donors (Lipinski definition) is 7. The number of aliphatic hydroxyl groups excluding tert-OH is 3. The SMILES string of the molecule is C=CC(CO)N(CO)CO.O[Si](O)(O)O. The molecule has 9 heteroatoms. The first-order valence-corrected chi connectivity index (χ1v) is 5.67. The molecule has 0 radical (unpaired) electrons. The molecule has 0 aliphatic carbocycles. The minimum absolute atomic E-state index is 0.148. The molecule has 7 N–H and O–H groups in total. The first-order chi connectivity index (χ1) is 6.79. The summed E-state index contributed by atoms with van der Waals surface area (Å²) in [5, 5.41) is 25.8. The van der Waals surface area contributed by atoms with Crippen LogP contribution < -0.4 is 0 Å². The zero-order chi connectivity index (χ0) is 12.5. The first-order valence-electron chi connectivity index (χ1n) is 3.88. The van der Waals surface area contributed by atoms with Crippen LogP contribution in [0.3, 0.4) is 0 Å². The van der Waals surface area contributed by atoms with Gasteiger partial charge in [-0.15, -0.1) is 6.58 Å². The van der Waals surface area contributed by atoms with Gasteiger partial charge in [-0.25, -0.2) is 4.90 Å². The van der Waals surface area contributed by atoms with Crippen LogP contribution in [-0.4, -0.2) is 74.6 Å². The third kappa shape index (κ3) is 13.6. The van der Waals surface area contributed by atoms with Crippen molar-refractivity contribution in [3.8, 4) is 0 Å². The molecule has 15 heavy (non-hydrogen) atoms. The second-order valence-electron chi connectivity index (χ2n) is 2.46. The van der Waals surface area contributed by atoms with Crippen molar-refractivity contribution in [1.29, 1.82) is 0 Å². The van der Waals surface area contributed by atoms with Gasteiger partial charge in [-0.1, -0.05) is 6.08 Å². The molecule has 1 atom stereocenters. The molecule has 1 unspecified atom stereocenters. The number of rotatable bonds is 5. The molecular weight excluding hydrogens is 226 g/mol. The lowest BCUT2D eigenvalue weighted by atomic mass is 10.3. The van der Waals surface area contributed by atoms with E-state index in [0.29, 0.717) is 0 Å². The fourth-order valence-corrected chi connectivity index (χ4v) is 0.594. The smallest absolute Gasteiger partial charge is 0.394 e. The standard InChI is InChI=1S/C6H13NO3.H4O4Si/c1-2-6(3-8)7(4-9)5-10;1-5(2,3)4/h2,6,8-10H,1,3-5H2;1-4H. The van der Waals surface area contributed by atoms with Crippen LogP contribution in [0.15, 0.2) is 12.7 Å². The van der Waals surface area contributed by atoms with E-state index in [1.54, 1.807) is 0 Å². The van der Waals surface area contributed by atoms with E-state index in [4.69, 9.17) is 34.5 Å². The fourth-order valence-electron chi connectivity index (χ4n) is 0.594. The van der Waals surface area contributed by atoms with Gasteiger partial charge < -0.3 is 34.5 Å². The van der Waals surface area contributed by atoms with Crippen LogP contribution in [0.1, 0.15) is 0 Å². The predicted octanol–water partition coefficient (Wildman–Crippen LogP) is -3.87. The molecule has 0 aliphatic rings. The monoisotopic (exact) mass is 243 g/mol. The van der Waals surface area contributed by atoms with Gasteiger partial charge in [0.05, 0.1) is 26.1 Å². The molecule has 0 aliphatic heterocycles. The molecule has 0 heterocycles. The number of aliphatic hydroxyl groups is 3. The molecular formula is C6H17NO7Si. The Balaban J connectivity index is 0. The summed E-state index contributed by atoms with van der Waals surface area (Å²) >= 11 is 0. The summed E-state index contributed by atoms with van der Waals surface area (Å²) in [4.78, 5) is 30.6. The summed E-state index contributed by atoms with van der Waals surface area (Å²) in [5.41, 5.74) is 0. The molecule has 0 fully saturated rings. The highest BCUT2D eigenvalue weighted by Crippen LogP contribution is 1.96. The molecule has 0 saturated carbocycles. The summed E-state index contributed by atoms with van der Waals surface area (Å²) in [7, 11) is -4.61. The molecule has 0 amide bonds. The zero-order valence-corrected chi connectivity index (χ0v) is 9.06. The lowest BCUT2D eigenvalue weighted by Crippen LogP contribution is -2.37. The van der Waals surface area contributed by atoms with Crippen molar-refractivity contribution in [2.45, 2.75) is 6.04 Å². The minimum Gasteiger partial charge on any atom is -0.394 e. The summed E-state index contributed by atoms with van der Waals surface area (Å²) in [6, 6.07) is -0.366. The molecule has 0 aromatic heterocycles. The van der Waals surface area contributed by atoms with E-state index in [2.05, 4.69) is 6.58 Å². The maximum Gasteiger partial charge on any atom is 0.668 e. The normalized spacial score (nSPS) is 13.1. The van der Waals surface area contributed by atoms with Crippen molar-refractivity contribution in [2.75, 3.05) is 20.1 Å². The van der Waals surface area contributed by atoms with Crippen molar-refractivity contribution in [1.82, 2.24) is 4.90 Å². The Labute approximate surface area is 88.1 Å². The average molecular weight is 243 g/mol. The Morgan fingerprint density at radius 2 is 1.40 bits per heavy atom. The molecule has 0 bridgehead atoms. The van der Waals surface area contributed by atoms with Gasteiger partial charge in [0, 0.05) is 0 Å². The Kier molecular flexibility index (Phi) is 10.1. The maximum atomic E-state index is 8.62. The van der Waals surface area contributed by atoms with Gasteiger partial charge in [-0.3, -0.25) is 0 Å². The van der Waals surface area contributed by atoms with Crippen molar-refractivity contribution in [2.24, 2.45) is 0 Å². The van der Waals surface area contributed by atoms with Gasteiger partial charge in [0.15, 0.2) is 0 Å². The first kappa shape index (κ1) is 17.0. The lowest BCUT2D eigenvalue weighted by molar-refractivity contribution is -0.00464. The van der Waals surface area contributed by atoms with Crippen LogP contribution in [0, 0.1) is 0 Å². The molecule has 8 nitrogen and oxygen atoms in total. The van der Waals surface area contributed by atoms with Crippen molar-refractivity contribution >= 4 is 9.05 Å². The molecule has 0 rings (SSSR count). The summed E-state index contributed by atoms with van der Waals surface area (Å²) < 4.78 is 0. The van der Waals surface area contributed by atoms with E-state index in [1.165, 1.54) is 11.0 Å². The van der Waals surface area contributed by atoms with Crippen LogP contribution in [0.5, 0.6) is 0 Å². The molecule has 0 aromatic carbocycles.